The first kappa shape index (κ1) is 22.4. The predicted molar refractivity (Wildman–Crippen MR) is 121 cm³/mol. The first-order valence-electron chi connectivity index (χ1n) is 10.3. The zero-order chi connectivity index (χ0) is 22.4. The molecule has 0 aliphatic carbocycles. The van der Waals surface area contributed by atoms with Crippen molar-refractivity contribution in [3.63, 3.8) is 0 Å². The largest absolute Gasteiger partial charge is 0.357 e. The maximum Gasteiger partial charge on any atom is 0.242 e. The Morgan fingerprint density at radius 1 is 0.903 bits per heavy atom. The molecule has 0 saturated carbocycles. The number of benzene rings is 3. The average Bonchev–Trinajstić information content (AvgIpc) is 2.80. The highest BCUT2D eigenvalue weighted by Gasteiger charge is 2.30. The normalized spacial score (nSPS) is 12.9. The number of fused-ring (bicyclic) bond motifs is 1. The van der Waals surface area contributed by atoms with Gasteiger partial charge in [-0.15, -0.1) is 0 Å². The van der Waals surface area contributed by atoms with Crippen LogP contribution in [0.3, 0.4) is 0 Å². The number of likely N-dealkylation sites (N-methyl/N-ethyl adjacent to an activating group) is 3. The molecule has 0 radical (unpaired) electrons. The number of nitrogens with zero attached hydrogens (tertiary/aromatic N) is 1. The molecular weight excluding hydrogens is 393 g/mol. The highest BCUT2D eigenvalue weighted by atomic mass is 19.1. The smallest absolute Gasteiger partial charge is 0.242 e. The zero-order valence-corrected chi connectivity index (χ0v) is 18.1. The number of carbonyl (C=O) groups is 2. The van der Waals surface area contributed by atoms with Crippen molar-refractivity contribution >= 4 is 22.6 Å². The molecule has 2 atom stereocenters. The number of carbonyl (C=O) groups excluding carboxylic acids is 2. The molecule has 2 amide bonds. The van der Waals surface area contributed by atoms with Gasteiger partial charge >= 0.3 is 0 Å². The van der Waals surface area contributed by atoms with Gasteiger partial charge in [0.1, 0.15) is 11.9 Å². The minimum absolute atomic E-state index is 0.175. The lowest BCUT2D eigenvalue weighted by molar-refractivity contribution is -0.140. The van der Waals surface area contributed by atoms with Crippen molar-refractivity contribution in [3.05, 3.63) is 83.7 Å². The maximum atomic E-state index is 13.3. The fourth-order valence-corrected chi connectivity index (χ4v) is 3.73. The second-order valence-electron chi connectivity index (χ2n) is 7.64. The Bertz CT molecular complexity index is 1050. The van der Waals surface area contributed by atoms with Crippen LogP contribution in [0.1, 0.15) is 11.1 Å². The third-order valence-electron chi connectivity index (χ3n) is 5.61. The SMILES string of the molecule is CNC(=O)[C@@H](Cc1ccc(F)cc1)N(C)C(=O)[C@@H](Cc1ccc2ccccc2c1)NC. The van der Waals surface area contributed by atoms with E-state index in [1.165, 1.54) is 17.0 Å². The molecule has 0 aliphatic heterocycles. The van der Waals surface area contributed by atoms with E-state index in [0.29, 0.717) is 12.8 Å². The minimum atomic E-state index is -0.699. The first-order valence-corrected chi connectivity index (χ1v) is 10.3. The van der Waals surface area contributed by atoms with Gasteiger partial charge in [0, 0.05) is 20.5 Å². The highest BCUT2D eigenvalue weighted by molar-refractivity contribution is 5.90. The molecular formula is C25H28FN3O2. The molecule has 3 aromatic rings. The molecule has 0 spiro atoms. The summed E-state index contributed by atoms with van der Waals surface area (Å²) >= 11 is 0. The summed E-state index contributed by atoms with van der Waals surface area (Å²) in [4.78, 5) is 27.3. The van der Waals surface area contributed by atoms with E-state index in [4.69, 9.17) is 0 Å². The van der Waals surface area contributed by atoms with Crippen LogP contribution in [-0.4, -0.2) is 49.9 Å². The summed E-state index contributed by atoms with van der Waals surface area (Å²) in [5.41, 5.74) is 1.82. The quantitative estimate of drug-likeness (QED) is 0.588. The molecule has 0 unspecified atom stereocenters. The summed E-state index contributed by atoms with van der Waals surface area (Å²) in [5.74, 6) is -0.776. The lowest BCUT2D eigenvalue weighted by Crippen LogP contribution is -2.54. The Kier molecular flexibility index (Phi) is 7.36. The number of halogens is 1. The van der Waals surface area contributed by atoms with Crippen molar-refractivity contribution in [2.24, 2.45) is 0 Å². The van der Waals surface area contributed by atoms with Crippen LogP contribution in [0.15, 0.2) is 66.7 Å². The van der Waals surface area contributed by atoms with Crippen LogP contribution in [-0.2, 0) is 22.4 Å². The molecule has 0 aromatic heterocycles. The van der Waals surface area contributed by atoms with Crippen molar-refractivity contribution < 1.29 is 14.0 Å². The number of nitrogens with one attached hydrogen (secondary N) is 2. The van der Waals surface area contributed by atoms with Gasteiger partial charge in [-0.1, -0.05) is 54.6 Å². The standard InChI is InChI=1S/C25H28FN3O2/c1-27-22(15-18-8-11-19-6-4-5-7-20(19)14-18)25(31)29(3)23(24(30)28-2)16-17-9-12-21(26)13-10-17/h4-14,22-23,27H,15-16H2,1-3H3,(H,28,30)/t22-,23-/m1/s1. The summed E-state index contributed by atoms with van der Waals surface area (Å²) in [7, 11) is 4.92. The molecule has 0 fully saturated rings. The van der Waals surface area contributed by atoms with Crippen LogP contribution in [0, 0.1) is 5.82 Å². The third kappa shape index (κ3) is 5.47. The third-order valence-corrected chi connectivity index (χ3v) is 5.61. The lowest BCUT2D eigenvalue weighted by atomic mass is 9.99. The Morgan fingerprint density at radius 2 is 1.55 bits per heavy atom. The van der Waals surface area contributed by atoms with E-state index in [1.54, 1.807) is 33.3 Å². The van der Waals surface area contributed by atoms with Crippen molar-refractivity contribution in [1.82, 2.24) is 15.5 Å². The minimum Gasteiger partial charge on any atom is -0.357 e. The Hall–Kier alpha value is -3.25. The molecule has 2 N–H and O–H groups in total. The van der Waals surface area contributed by atoms with Crippen LogP contribution >= 0.6 is 0 Å². The number of hydrogen-bond donors (Lipinski definition) is 2. The van der Waals surface area contributed by atoms with Crippen molar-refractivity contribution in [3.8, 4) is 0 Å². The lowest BCUT2D eigenvalue weighted by Gasteiger charge is -2.30. The zero-order valence-electron chi connectivity index (χ0n) is 18.1. The molecule has 31 heavy (non-hydrogen) atoms. The first-order chi connectivity index (χ1) is 14.9. The Labute approximate surface area is 182 Å². The van der Waals surface area contributed by atoms with Gasteiger partial charge in [-0.2, -0.15) is 0 Å². The average molecular weight is 422 g/mol. The summed E-state index contributed by atoms with van der Waals surface area (Å²) in [6.45, 7) is 0. The van der Waals surface area contributed by atoms with Gasteiger partial charge in [-0.3, -0.25) is 9.59 Å². The van der Waals surface area contributed by atoms with Crippen LogP contribution < -0.4 is 10.6 Å². The van der Waals surface area contributed by atoms with E-state index in [1.807, 2.05) is 30.3 Å². The molecule has 3 aromatic carbocycles. The van der Waals surface area contributed by atoms with E-state index in [2.05, 4.69) is 22.8 Å². The summed E-state index contributed by atoms with van der Waals surface area (Å²) in [6.07, 6.45) is 0.802. The van der Waals surface area contributed by atoms with Crippen molar-refractivity contribution in [2.45, 2.75) is 24.9 Å². The maximum absolute atomic E-state index is 13.3. The molecule has 0 saturated heterocycles. The van der Waals surface area contributed by atoms with Crippen LogP contribution in [0.5, 0.6) is 0 Å². The number of rotatable bonds is 8. The fourth-order valence-electron chi connectivity index (χ4n) is 3.73. The van der Waals surface area contributed by atoms with E-state index in [0.717, 1.165) is 21.9 Å². The monoisotopic (exact) mass is 421 g/mol. The molecule has 6 heteroatoms. The fraction of sp³-hybridized carbons (Fsp3) is 0.280. The van der Waals surface area contributed by atoms with Crippen LogP contribution in [0.25, 0.3) is 10.8 Å². The predicted octanol–water partition coefficient (Wildman–Crippen LogP) is 2.93. The van der Waals surface area contributed by atoms with Gasteiger partial charge in [-0.25, -0.2) is 4.39 Å². The molecule has 3 rings (SSSR count). The van der Waals surface area contributed by atoms with Crippen molar-refractivity contribution in [2.75, 3.05) is 21.1 Å². The van der Waals surface area contributed by atoms with E-state index in [-0.39, 0.29) is 17.6 Å². The van der Waals surface area contributed by atoms with E-state index in [9.17, 15) is 14.0 Å². The molecule has 0 bridgehead atoms. The van der Waals surface area contributed by atoms with Gasteiger partial charge in [0.05, 0.1) is 6.04 Å². The summed E-state index contributed by atoms with van der Waals surface area (Å²) < 4.78 is 13.2. The number of hydrogen-bond acceptors (Lipinski definition) is 3. The molecule has 162 valence electrons. The van der Waals surface area contributed by atoms with E-state index < -0.39 is 12.1 Å². The van der Waals surface area contributed by atoms with Crippen LogP contribution in [0.2, 0.25) is 0 Å². The van der Waals surface area contributed by atoms with Gasteiger partial charge in [0.2, 0.25) is 11.8 Å². The van der Waals surface area contributed by atoms with Crippen LogP contribution in [0.4, 0.5) is 4.39 Å². The number of amides is 2. The van der Waals surface area contributed by atoms with Gasteiger partial charge < -0.3 is 15.5 Å². The Balaban J connectivity index is 1.78. The Morgan fingerprint density at radius 3 is 2.19 bits per heavy atom. The molecule has 0 heterocycles. The second kappa shape index (κ2) is 10.2. The summed E-state index contributed by atoms with van der Waals surface area (Å²) in [6, 6.07) is 19.0. The van der Waals surface area contributed by atoms with Gasteiger partial charge in [0.25, 0.3) is 0 Å². The molecule has 0 aliphatic rings. The second-order valence-corrected chi connectivity index (χ2v) is 7.64. The topological polar surface area (TPSA) is 61.4 Å². The van der Waals surface area contributed by atoms with Crippen molar-refractivity contribution in [1.29, 1.82) is 0 Å². The van der Waals surface area contributed by atoms with E-state index >= 15 is 0 Å². The van der Waals surface area contributed by atoms with Gasteiger partial charge in [0.15, 0.2) is 0 Å². The van der Waals surface area contributed by atoms with Gasteiger partial charge in [-0.05, 0) is 47.5 Å². The summed E-state index contributed by atoms with van der Waals surface area (Å²) in [5, 5.41) is 7.99. The molecule has 5 nitrogen and oxygen atoms in total. The highest BCUT2D eigenvalue weighted by Crippen LogP contribution is 2.18.